The van der Waals surface area contributed by atoms with Gasteiger partial charge in [-0.1, -0.05) is 41.9 Å². The molecule has 6 nitrogen and oxygen atoms in total. The van der Waals surface area contributed by atoms with Crippen molar-refractivity contribution in [2.45, 2.75) is 13.5 Å². The lowest BCUT2D eigenvalue weighted by Gasteiger charge is -2.09. The van der Waals surface area contributed by atoms with Crippen molar-refractivity contribution in [2.75, 3.05) is 5.32 Å². The highest BCUT2D eigenvalue weighted by Gasteiger charge is 2.08. The van der Waals surface area contributed by atoms with Gasteiger partial charge in [0.25, 0.3) is 5.91 Å². The Hall–Kier alpha value is -3.90. The minimum absolute atomic E-state index is 0.263. The maximum atomic E-state index is 12.4. The van der Waals surface area contributed by atoms with Crippen LogP contribution in [0.1, 0.15) is 28.4 Å². The average molecular weight is 449 g/mol. The number of esters is 1. The van der Waals surface area contributed by atoms with Crippen LogP contribution < -0.4 is 15.4 Å². The lowest BCUT2D eigenvalue weighted by molar-refractivity contribution is -0.131. The molecule has 2 amide bonds. The summed E-state index contributed by atoms with van der Waals surface area (Å²) in [5.74, 6) is -0.740. The number of hydrogen-bond donors (Lipinski definition) is 2. The van der Waals surface area contributed by atoms with E-state index in [9.17, 15) is 14.4 Å². The molecular formula is C25H21ClN2O4. The molecule has 0 unspecified atom stereocenters. The highest BCUT2D eigenvalue weighted by atomic mass is 35.5. The molecule has 3 aromatic carbocycles. The summed E-state index contributed by atoms with van der Waals surface area (Å²) in [4.78, 5) is 35.7. The molecule has 3 rings (SSSR count). The topological polar surface area (TPSA) is 84.5 Å². The van der Waals surface area contributed by atoms with Crippen molar-refractivity contribution >= 4 is 41.1 Å². The van der Waals surface area contributed by atoms with Crippen molar-refractivity contribution in [3.8, 4) is 5.75 Å². The van der Waals surface area contributed by atoms with E-state index in [2.05, 4.69) is 10.6 Å². The van der Waals surface area contributed by atoms with Gasteiger partial charge in [0.15, 0.2) is 0 Å². The van der Waals surface area contributed by atoms with Crippen molar-refractivity contribution in [2.24, 2.45) is 0 Å². The smallest absolute Gasteiger partial charge is 0.308 e. The van der Waals surface area contributed by atoms with Crippen LogP contribution in [-0.2, 0) is 16.1 Å². The number of halogens is 1. The van der Waals surface area contributed by atoms with Crippen LogP contribution in [0, 0.1) is 0 Å². The summed E-state index contributed by atoms with van der Waals surface area (Å²) in [6, 6.07) is 20.7. The third-order valence-electron chi connectivity index (χ3n) is 4.28. The van der Waals surface area contributed by atoms with Gasteiger partial charge in [0, 0.05) is 35.8 Å². The van der Waals surface area contributed by atoms with Gasteiger partial charge in [0.2, 0.25) is 5.91 Å². The van der Waals surface area contributed by atoms with E-state index in [4.69, 9.17) is 16.3 Å². The van der Waals surface area contributed by atoms with E-state index in [0.717, 1.165) is 11.1 Å². The first kappa shape index (κ1) is 22.8. The number of carbonyl (C=O) groups excluding carboxylic acids is 3. The van der Waals surface area contributed by atoms with E-state index in [1.165, 1.54) is 19.1 Å². The lowest BCUT2D eigenvalue weighted by atomic mass is 10.1. The van der Waals surface area contributed by atoms with Gasteiger partial charge < -0.3 is 15.4 Å². The fourth-order valence-electron chi connectivity index (χ4n) is 2.88. The van der Waals surface area contributed by atoms with Crippen LogP contribution >= 0.6 is 11.6 Å². The number of rotatable bonds is 7. The number of anilines is 1. The minimum atomic E-state index is -0.455. The van der Waals surface area contributed by atoms with Gasteiger partial charge in [0.1, 0.15) is 5.75 Å². The molecule has 0 heterocycles. The summed E-state index contributed by atoms with van der Waals surface area (Å²) in [7, 11) is 0. The second-order valence-corrected chi connectivity index (χ2v) is 7.32. The first-order chi connectivity index (χ1) is 15.4. The largest absolute Gasteiger partial charge is 0.427 e. The molecule has 2 N–H and O–H groups in total. The molecule has 3 aromatic rings. The third kappa shape index (κ3) is 7.11. The Morgan fingerprint density at radius 1 is 0.969 bits per heavy atom. The predicted molar refractivity (Wildman–Crippen MR) is 124 cm³/mol. The summed E-state index contributed by atoms with van der Waals surface area (Å²) < 4.78 is 5.00. The maximum Gasteiger partial charge on any atom is 0.308 e. The summed E-state index contributed by atoms with van der Waals surface area (Å²) in [5.41, 5.74) is 2.61. The van der Waals surface area contributed by atoms with E-state index in [1.807, 2.05) is 18.2 Å². The molecule has 0 radical (unpaired) electrons. The summed E-state index contributed by atoms with van der Waals surface area (Å²) in [5, 5.41) is 6.20. The van der Waals surface area contributed by atoms with Crippen LogP contribution in [0.2, 0.25) is 5.02 Å². The molecule has 0 atom stereocenters. The number of nitrogens with one attached hydrogen (secondary N) is 2. The minimum Gasteiger partial charge on any atom is -0.427 e. The summed E-state index contributed by atoms with van der Waals surface area (Å²) >= 11 is 5.94. The quantitative estimate of drug-likeness (QED) is 0.307. The Morgan fingerprint density at radius 2 is 1.75 bits per heavy atom. The highest BCUT2D eigenvalue weighted by Crippen LogP contribution is 2.15. The van der Waals surface area contributed by atoms with Crippen LogP contribution in [0.4, 0.5) is 5.69 Å². The second-order valence-electron chi connectivity index (χ2n) is 6.88. The van der Waals surface area contributed by atoms with Gasteiger partial charge in [-0.25, -0.2) is 0 Å². The van der Waals surface area contributed by atoms with Crippen molar-refractivity contribution in [1.82, 2.24) is 5.32 Å². The van der Waals surface area contributed by atoms with E-state index in [-0.39, 0.29) is 18.4 Å². The van der Waals surface area contributed by atoms with E-state index < -0.39 is 5.97 Å². The van der Waals surface area contributed by atoms with Gasteiger partial charge >= 0.3 is 5.97 Å². The molecule has 32 heavy (non-hydrogen) atoms. The number of benzene rings is 3. The zero-order valence-electron chi connectivity index (χ0n) is 17.3. The molecule has 0 aliphatic heterocycles. The van der Waals surface area contributed by atoms with Crippen LogP contribution in [-0.4, -0.2) is 17.8 Å². The molecule has 162 valence electrons. The number of ether oxygens (including phenoxy) is 1. The Balaban J connectivity index is 1.57. The molecule has 0 saturated carbocycles. The van der Waals surface area contributed by atoms with Gasteiger partial charge in [-0.05, 0) is 59.7 Å². The first-order valence-corrected chi connectivity index (χ1v) is 10.2. The zero-order valence-corrected chi connectivity index (χ0v) is 18.1. The van der Waals surface area contributed by atoms with Crippen molar-refractivity contribution in [3.63, 3.8) is 0 Å². The van der Waals surface area contributed by atoms with E-state index >= 15 is 0 Å². The Kier molecular flexibility index (Phi) is 7.78. The molecular weight excluding hydrogens is 428 g/mol. The van der Waals surface area contributed by atoms with Crippen LogP contribution in [0.25, 0.3) is 6.08 Å². The van der Waals surface area contributed by atoms with Gasteiger partial charge in [-0.15, -0.1) is 0 Å². The molecule has 0 bridgehead atoms. The van der Waals surface area contributed by atoms with Crippen molar-refractivity contribution in [1.29, 1.82) is 0 Å². The second kappa shape index (κ2) is 10.9. The molecule has 0 fully saturated rings. The predicted octanol–water partition coefficient (Wildman–Crippen LogP) is 4.85. The van der Waals surface area contributed by atoms with Crippen LogP contribution in [0.15, 0.2) is 78.9 Å². The maximum absolute atomic E-state index is 12.4. The average Bonchev–Trinajstić information content (AvgIpc) is 2.76. The number of amides is 2. The Bertz CT molecular complexity index is 1170. The van der Waals surface area contributed by atoms with E-state index in [0.29, 0.717) is 22.0 Å². The van der Waals surface area contributed by atoms with Gasteiger partial charge in [-0.3, -0.25) is 14.4 Å². The standard InChI is InChI=1S/C25H21ClN2O4/c1-17(29)32-23-10-4-7-20(15-23)25(31)27-16-19-6-3-9-22(14-19)28-24(30)12-11-18-5-2-8-21(26)13-18/h2-15H,16H2,1H3,(H,27,31)(H,28,30)/b12-11+. The number of hydrogen-bond acceptors (Lipinski definition) is 4. The molecule has 0 aliphatic carbocycles. The molecule has 0 spiro atoms. The molecule has 7 heteroatoms. The van der Waals surface area contributed by atoms with Gasteiger partial charge in [0.05, 0.1) is 0 Å². The van der Waals surface area contributed by atoms with Crippen LogP contribution in [0.3, 0.4) is 0 Å². The fraction of sp³-hybridized carbons (Fsp3) is 0.0800. The summed E-state index contributed by atoms with van der Waals surface area (Å²) in [6.45, 7) is 1.56. The van der Waals surface area contributed by atoms with E-state index in [1.54, 1.807) is 54.6 Å². The highest BCUT2D eigenvalue weighted by molar-refractivity contribution is 6.30. The van der Waals surface area contributed by atoms with Crippen LogP contribution in [0.5, 0.6) is 5.75 Å². The SMILES string of the molecule is CC(=O)Oc1cccc(C(=O)NCc2cccc(NC(=O)/C=C/c3cccc(Cl)c3)c2)c1. The third-order valence-corrected chi connectivity index (χ3v) is 4.52. The Morgan fingerprint density at radius 3 is 2.53 bits per heavy atom. The zero-order chi connectivity index (χ0) is 22.9. The molecule has 0 saturated heterocycles. The Labute approximate surface area is 190 Å². The summed E-state index contributed by atoms with van der Waals surface area (Å²) in [6.07, 6.45) is 3.10. The van der Waals surface area contributed by atoms with Crippen molar-refractivity contribution < 1.29 is 19.1 Å². The first-order valence-electron chi connectivity index (χ1n) is 9.79. The molecule has 0 aromatic heterocycles. The fourth-order valence-corrected chi connectivity index (χ4v) is 3.08. The normalized spacial score (nSPS) is 10.6. The number of carbonyl (C=O) groups is 3. The molecule has 0 aliphatic rings. The lowest BCUT2D eigenvalue weighted by Crippen LogP contribution is -2.23. The van der Waals surface area contributed by atoms with Crippen molar-refractivity contribution in [3.05, 3.63) is 101 Å². The van der Waals surface area contributed by atoms with Gasteiger partial charge in [-0.2, -0.15) is 0 Å². The monoisotopic (exact) mass is 448 g/mol.